The average molecular weight is 351 g/mol. The van der Waals surface area contributed by atoms with Crippen LogP contribution >= 0.6 is 0 Å². The molecule has 26 heavy (non-hydrogen) atoms. The first-order chi connectivity index (χ1) is 12.7. The molecular formula is C22H22FNO2. The Morgan fingerprint density at radius 2 is 1.81 bits per heavy atom. The summed E-state index contributed by atoms with van der Waals surface area (Å²) in [6.45, 7) is 2.24. The molecule has 3 nitrogen and oxygen atoms in total. The van der Waals surface area contributed by atoms with Gasteiger partial charge in [-0.25, -0.2) is 4.39 Å². The minimum atomic E-state index is -0.209. The number of nitrogens with one attached hydrogen (secondary N) is 1. The molecule has 1 saturated heterocycles. The van der Waals surface area contributed by atoms with Gasteiger partial charge in [0.2, 0.25) is 0 Å². The molecule has 1 aliphatic rings. The number of ether oxygens (including phenoxy) is 1. The lowest BCUT2D eigenvalue weighted by atomic mass is 9.88. The predicted molar refractivity (Wildman–Crippen MR) is 101 cm³/mol. The summed E-state index contributed by atoms with van der Waals surface area (Å²) < 4.78 is 19.4. The third kappa shape index (κ3) is 3.71. The lowest BCUT2D eigenvalue weighted by Crippen LogP contribution is -2.40. The van der Waals surface area contributed by atoms with Crippen molar-refractivity contribution in [3.8, 4) is 5.75 Å². The Hall–Kier alpha value is -2.43. The maximum absolute atomic E-state index is 13.2. The first-order valence-corrected chi connectivity index (χ1v) is 8.98. The molecule has 134 valence electrons. The van der Waals surface area contributed by atoms with Gasteiger partial charge in [-0.05, 0) is 65.2 Å². The van der Waals surface area contributed by atoms with E-state index in [4.69, 9.17) is 4.74 Å². The summed E-state index contributed by atoms with van der Waals surface area (Å²) in [4.78, 5) is 0. The average Bonchev–Trinajstić information content (AvgIpc) is 2.67. The van der Waals surface area contributed by atoms with Gasteiger partial charge in [0, 0.05) is 12.5 Å². The quantitative estimate of drug-likeness (QED) is 0.734. The molecule has 3 aromatic rings. The Bertz CT molecular complexity index is 894. The highest BCUT2D eigenvalue weighted by Crippen LogP contribution is 2.29. The van der Waals surface area contributed by atoms with Crippen molar-refractivity contribution < 1.29 is 14.2 Å². The van der Waals surface area contributed by atoms with Crippen molar-refractivity contribution in [3.63, 3.8) is 0 Å². The lowest BCUT2D eigenvalue weighted by molar-refractivity contribution is 0.0106. The minimum absolute atomic E-state index is 0.0501. The zero-order chi connectivity index (χ0) is 17.9. The molecule has 1 fully saturated rings. The number of hydrogen-bond acceptors (Lipinski definition) is 3. The van der Waals surface area contributed by atoms with Gasteiger partial charge >= 0.3 is 0 Å². The van der Waals surface area contributed by atoms with Crippen LogP contribution in [0.4, 0.5) is 4.39 Å². The number of piperidine rings is 1. The Balaban J connectivity index is 1.49. The molecule has 0 aromatic heterocycles. The summed E-state index contributed by atoms with van der Waals surface area (Å²) in [5.41, 5.74) is 2.20. The van der Waals surface area contributed by atoms with Gasteiger partial charge in [-0.15, -0.1) is 0 Å². The fourth-order valence-electron chi connectivity index (χ4n) is 3.67. The third-order valence-corrected chi connectivity index (χ3v) is 5.08. The number of hydrogen-bond donors (Lipinski definition) is 2. The number of phenolic OH excluding ortho intramolecular Hbond substituents is 1. The maximum Gasteiger partial charge on any atom is 0.123 e. The molecule has 0 spiro atoms. The predicted octanol–water partition coefficient (Wildman–Crippen LogP) is 4.35. The second kappa shape index (κ2) is 7.44. The molecule has 1 heterocycles. The Kier molecular flexibility index (Phi) is 4.87. The molecule has 2 unspecified atom stereocenters. The first kappa shape index (κ1) is 17.0. The molecule has 2 atom stereocenters. The van der Waals surface area contributed by atoms with Crippen LogP contribution in [0, 0.1) is 5.82 Å². The topological polar surface area (TPSA) is 41.5 Å². The molecule has 0 aliphatic carbocycles. The fraction of sp³-hybridized carbons (Fsp3) is 0.273. The molecule has 2 N–H and O–H groups in total. The van der Waals surface area contributed by atoms with E-state index in [2.05, 4.69) is 17.4 Å². The van der Waals surface area contributed by atoms with Gasteiger partial charge in [-0.3, -0.25) is 0 Å². The molecule has 0 radical (unpaired) electrons. The van der Waals surface area contributed by atoms with Crippen molar-refractivity contribution in [2.45, 2.75) is 25.0 Å². The van der Waals surface area contributed by atoms with Crippen LogP contribution in [0.1, 0.15) is 23.5 Å². The van der Waals surface area contributed by atoms with E-state index < -0.39 is 0 Å². The molecule has 3 aromatic carbocycles. The van der Waals surface area contributed by atoms with Crippen LogP contribution in [0.2, 0.25) is 0 Å². The molecule has 1 aliphatic heterocycles. The van der Waals surface area contributed by atoms with Crippen LogP contribution in [-0.2, 0) is 11.3 Å². The highest BCUT2D eigenvalue weighted by Gasteiger charge is 2.27. The minimum Gasteiger partial charge on any atom is -0.508 e. The molecule has 0 bridgehead atoms. The maximum atomic E-state index is 13.2. The standard InChI is InChI=1S/C22H22FNO2/c23-19-6-3-17(4-7-19)21-9-10-24-13-22(21)26-14-15-1-2-16-5-8-20(25)12-18(16)11-15/h1-8,11-12,21-22,24-25H,9-10,13-14H2. The number of rotatable bonds is 4. The summed E-state index contributed by atoms with van der Waals surface area (Å²) in [7, 11) is 0. The van der Waals surface area contributed by atoms with Crippen molar-refractivity contribution >= 4 is 10.8 Å². The monoisotopic (exact) mass is 351 g/mol. The van der Waals surface area contributed by atoms with Crippen LogP contribution in [0.3, 0.4) is 0 Å². The Morgan fingerprint density at radius 3 is 2.65 bits per heavy atom. The van der Waals surface area contributed by atoms with Crippen LogP contribution in [0.5, 0.6) is 5.75 Å². The molecule has 0 saturated carbocycles. The normalized spacial score (nSPS) is 20.3. The van der Waals surface area contributed by atoms with Crippen LogP contribution in [0.15, 0.2) is 60.7 Å². The van der Waals surface area contributed by atoms with Crippen molar-refractivity contribution in [3.05, 3.63) is 77.6 Å². The van der Waals surface area contributed by atoms with E-state index in [1.165, 1.54) is 12.1 Å². The van der Waals surface area contributed by atoms with Crippen molar-refractivity contribution in [1.82, 2.24) is 5.32 Å². The lowest BCUT2D eigenvalue weighted by Gasteiger charge is -2.32. The highest BCUT2D eigenvalue weighted by molar-refractivity contribution is 5.84. The summed E-state index contributed by atoms with van der Waals surface area (Å²) in [6, 6.07) is 18.3. The van der Waals surface area contributed by atoms with E-state index in [9.17, 15) is 9.50 Å². The van der Waals surface area contributed by atoms with E-state index in [0.717, 1.165) is 41.4 Å². The first-order valence-electron chi connectivity index (χ1n) is 8.98. The van der Waals surface area contributed by atoms with E-state index in [1.54, 1.807) is 12.1 Å². The largest absolute Gasteiger partial charge is 0.508 e. The fourth-order valence-corrected chi connectivity index (χ4v) is 3.67. The van der Waals surface area contributed by atoms with Gasteiger partial charge in [0.25, 0.3) is 0 Å². The van der Waals surface area contributed by atoms with Gasteiger partial charge in [-0.2, -0.15) is 0 Å². The summed E-state index contributed by atoms with van der Waals surface area (Å²) >= 11 is 0. The number of fused-ring (bicyclic) bond motifs is 1. The van der Waals surface area contributed by atoms with Gasteiger partial charge in [0.15, 0.2) is 0 Å². The van der Waals surface area contributed by atoms with Crippen LogP contribution in [0.25, 0.3) is 10.8 Å². The summed E-state index contributed by atoms with van der Waals surface area (Å²) in [5, 5.41) is 15.2. The number of aromatic hydroxyl groups is 1. The van der Waals surface area contributed by atoms with Crippen LogP contribution in [-0.4, -0.2) is 24.3 Å². The van der Waals surface area contributed by atoms with Gasteiger partial charge in [-0.1, -0.05) is 30.3 Å². The highest BCUT2D eigenvalue weighted by atomic mass is 19.1. The van der Waals surface area contributed by atoms with E-state index >= 15 is 0 Å². The Labute approximate surface area is 152 Å². The third-order valence-electron chi connectivity index (χ3n) is 5.08. The molecule has 4 heteroatoms. The number of phenols is 1. The molecule has 4 rings (SSSR count). The van der Waals surface area contributed by atoms with E-state index in [-0.39, 0.29) is 23.6 Å². The van der Waals surface area contributed by atoms with Crippen LogP contribution < -0.4 is 5.32 Å². The summed E-state index contributed by atoms with van der Waals surface area (Å²) in [5.74, 6) is 0.323. The zero-order valence-electron chi connectivity index (χ0n) is 14.5. The van der Waals surface area contributed by atoms with Crippen molar-refractivity contribution in [2.24, 2.45) is 0 Å². The molecular weight excluding hydrogens is 329 g/mol. The zero-order valence-corrected chi connectivity index (χ0v) is 14.5. The van der Waals surface area contributed by atoms with E-state index in [0.29, 0.717) is 6.61 Å². The number of benzene rings is 3. The Morgan fingerprint density at radius 1 is 1.00 bits per heavy atom. The second-order valence-electron chi connectivity index (χ2n) is 6.87. The second-order valence-corrected chi connectivity index (χ2v) is 6.87. The summed E-state index contributed by atoms with van der Waals surface area (Å²) in [6.07, 6.45) is 1.02. The van der Waals surface area contributed by atoms with E-state index in [1.807, 2.05) is 24.3 Å². The molecule has 0 amide bonds. The van der Waals surface area contributed by atoms with Gasteiger partial charge in [0.05, 0.1) is 12.7 Å². The van der Waals surface area contributed by atoms with Crippen molar-refractivity contribution in [2.75, 3.05) is 13.1 Å². The SMILES string of the molecule is Oc1ccc2ccc(COC3CNCCC3c3ccc(F)cc3)cc2c1. The number of halogens is 1. The van der Waals surface area contributed by atoms with Crippen molar-refractivity contribution in [1.29, 1.82) is 0 Å². The van der Waals surface area contributed by atoms with Gasteiger partial charge < -0.3 is 15.2 Å². The van der Waals surface area contributed by atoms with Gasteiger partial charge in [0.1, 0.15) is 11.6 Å². The smallest absolute Gasteiger partial charge is 0.123 e.